The van der Waals surface area contributed by atoms with E-state index >= 15 is 0 Å². The van der Waals surface area contributed by atoms with Gasteiger partial charge in [-0.1, -0.05) is 12.1 Å². The van der Waals surface area contributed by atoms with E-state index in [4.69, 9.17) is 4.42 Å². The van der Waals surface area contributed by atoms with E-state index in [-0.39, 0.29) is 17.8 Å². The smallest absolute Gasteiger partial charge is 0.244 e. The van der Waals surface area contributed by atoms with Crippen molar-refractivity contribution in [1.82, 2.24) is 10.2 Å². The number of likely N-dealkylation sites (N-methyl/N-ethyl adjacent to an activating group) is 1. The molecular weight excluding hydrogens is 283 g/mol. The van der Waals surface area contributed by atoms with Crippen LogP contribution in [-0.4, -0.2) is 31.4 Å². The summed E-state index contributed by atoms with van der Waals surface area (Å²) in [6.45, 7) is 0.387. The summed E-state index contributed by atoms with van der Waals surface area (Å²) in [4.78, 5) is 13.8. The van der Waals surface area contributed by atoms with E-state index in [0.717, 1.165) is 5.56 Å². The fourth-order valence-corrected chi connectivity index (χ4v) is 2.11. The maximum Gasteiger partial charge on any atom is 0.244 e. The molecule has 0 spiro atoms. The minimum Gasteiger partial charge on any atom is -0.465 e. The van der Waals surface area contributed by atoms with Gasteiger partial charge in [0.25, 0.3) is 0 Å². The van der Waals surface area contributed by atoms with E-state index in [2.05, 4.69) is 5.32 Å². The molecule has 2 aromatic rings. The molecule has 1 heterocycles. The molecule has 22 heavy (non-hydrogen) atoms. The lowest BCUT2D eigenvalue weighted by Crippen LogP contribution is -2.33. The number of nitrogens with one attached hydrogen (secondary N) is 1. The summed E-state index contributed by atoms with van der Waals surface area (Å²) < 4.78 is 18.5. The van der Waals surface area contributed by atoms with Crippen LogP contribution in [-0.2, 0) is 4.79 Å². The van der Waals surface area contributed by atoms with Gasteiger partial charge in [0.15, 0.2) is 0 Å². The molecule has 0 bridgehead atoms. The fourth-order valence-electron chi connectivity index (χ4n) is 2.11. The van der Waals surface area contributed by atoms with Gasteiger partial charge in [-0.25, -0.2) is 4.39 Å². The number of hydrogen-bond acceptors (Lipinski definition) is 3. The lowest BCUT2D eigenvalue weighted by molar-refractivity contribution is -0.116. The molecule has 0 aliphatic heterocycles. The fraction of sp³-hybridized carbons (Fsp3) is 0.235. The van der Waals surface area contributed by atoms with Crippen molar-refractivity contribution in [3.63, 3.8) is 0 Å². The van der Waals surface area contributed by atoms with Crippen molar-refractivity contribution >= 4 is 12.0 Å². The van der Waals surface area contributed by atoms with E-state index in [1.165, 1.54) is 18.2 Å². The molecule has 1 N–H and O–H groups in total. The van der Waals surface area contributed by atoms with Gasteiger partial charge in [-0.15, -0.1) is 0 Å². The number of rotatable bonds is 6. The van der Waals surface area contributed by atoms with Crippen molar-refractivity contribution in [2.75, 3.05) is 20.6 Å². The van der Waals surface area contributed by atoms with Crippen molar-refractivity contribution in [3.05, 3.63) is 65.9 Å². The van der Waals surface area contributed by atoms with Gasteiger partial charge in [0, 0.05) is 12.6 Å². The lowest BCUT2D eigenvalue weighted by Gasteiger charge is -2.24. The van der Waals surface area contributed by atoms with Crippen LogP contribution < -0.4 is 5.32 Å². The maximum atomic E-state index is 13.3. The first-order chi connectivity index (χ1) is 10.6. The summed E-state index contributed by atoms with van der Waals surface area (Å²) in [5.41, 5.74) is 0.820. The zero-order valence-electron chi connectivity index (χ0n) is 12.6. The van der Waals surface area contributed by atoms with Gasteiger partial charge in [-0.3, -0.25) is 4.79 Å². The normalized spacial score (nSPS) is 12.7. The Labute approximate surface area is 129 Å². The molecular formula is C17H19FN2O2. The quantitative estimate of drug-likeness (QED) is 0.835. The van der Waals surface area contributed by atoms with Crippen LogP contribution in [0.2, 0.25) is 0 Å². The highest BCUT2D eigenvalue weighted by atomic mass is 19.1. The van der Waals surface area contributed by atoms with Crippen molar-refractivity contribution in [3.8, 4) is 0 Å². The average molecular weight is 302 g/mol. The molecule has 0 aliphatic rings. The summed E-state index contributed by atoms with van der Waals surface area (Å²) in [5.74, 6) is 0.109. The van der Waals surface area contributed by atoms with Crippen LogP contribution in [0.3, 0.4) is 0 Å². The Morgan fingerprint density at radius 3 is 2.82 bits per heavy atom. The third kappa shape index (κ3) is 4.56. The first-order valence-electron chi connectivity index (χ1n) is 6.97. The summed E-state index contributed by atoms with van der Waals surface area (Å²) >= 11 is 0. The third-order valence-corrected chi connectivity index (χ3v) is 3.27. The Bertz CT molecular complexity index is 636. The van der Waals surface area contributed by atoms with Gasteiger partial charge in [0.2, 0.25) is 5.91 Å². The van der Waals surface area contributed by atoms with Crippen LogP contribution in [0.15, 0.2) is 53.2 Å². The first kappa shape index (κ1) is 16.0. The summed E-state index contributed by atoms with van der Waals surface area (Å²) in [5, 5.41) is 2.81. The molecule has 4 nitrogen and oxygen atoms in total. The van der Waals surface area contributed by atoms with Gasteiger partial charge in [0.1, 0.15) is 11.6 Å². The number of carbonyl (C=O) groups is 1. The molecule has 2 rings (SSSR count). The molecule has 1 atom stereocenters. The molecule has 0 fully saturated rings. The van der Waals surface area contributed by atoms with Crippen molar-refractivity contribution in [2.24, 2.45) is 0 Å². The van der Waals surface area contributed by atoms with E-state index in [9.17, 15) is 9.18 Å². The van der Waals surface area contributed by atoms with E-state index in [0.29, 0.717) is 12.3 Å². The minimum absolute atomic E-state index is 0.100. The number of benzene rings is 1. The first-order valence-corrected chi connectivity index (χ1v) is 6.97. The predicted octanol–water partition coefficient (Wildman–Crippen LogP) is 2.85. The third-order valence-electron chi connectivity index (χ3n) is 3.27. The molecule has 0 aliphatic carbocycles. The number of hydrogen-bond donors (Lipinski definition) is 1. The maximum absolute atomic E-state index is 13.3. The highest BCUT2D eigenvalue weighted by Crippen LogP contribution is 2.18. The van der Waals surface area contributed by atoms with Crippen LogP contribution in [0.1, 0.15) is 17.4 Å². The van der Waals surface area contributed by atoms with Crippen LogP contribution in [0, 0.1) is 5.82 Å². The van der Waals surface area contributed by atoms with Crippen molar-refractivity contribution in [1.29, 1.82) is 0 Å². The number of furan rings is 1. The largest absolute Gasteiger partial charge is 0.465 e. The second-order valence-corrected chi connectivity index (χ2v) is 5.13. The Morgan fingerprint density at radius 1 is 1.36 bits per heavy atom. The topological polar surface area (TPSA) is 45.5 Å². The summed E-state index contributed by atoms with van der Waals surface area (Å²) in [6, 6.07) is 9.81. The molecule has 0 radical (unpaired) electrons. The second kappa shape index (κ2) is 7.56. The van der Waals surface area contributed by atoms with Gasteiger partial charge in [-0.05, 0) is 50.0 Å². The van der Waals surface area contributed by atoms with E-state index in [1.54, 1.807) is 30.5 Å². The Morgan fingerprint density at radius 2 is 2.18 bits per heavy atom. The van der Waals surface area contributed by atoms with Crippen molar-refractivity contribution in [2.45, 2.75) is 6.04 Å². The number of nitrogens with zero attached hydrogens (tertiary/aromatic N) is 1. The molecule has 0 saturated heterocycles. The minimum atomic E-state index is -0.284. The highest BCUT2D eigenvalue weighted by Gasteiger charge is 2.15. The molecule has 116 valence electrons. The standard InChI is InChI=1S/C17H19FN2O2/c1-20(2)16(13-5-3-6-14(18)11-13)12-19-17(21)9-8-15-7-4-10-22-15/h3-11,16H,12H2,1-2H3,(H,19,21)/b9-8+. The highest BCUT2D eigenvalue weighted by molar-refractivity contribution is 5.91. The monoisotopic (exact) mass is 302 g/mol. The zero-order valence-corrected chi connectivity index (χ0v) is 12.6. The van der Waals surface area contributed by atoms with Gasteiger partial charge < -0.3 is 14.6 Å². The SMILES string of the molecule is CN(C)C(CNC(=O)/C=C/c1ccco1)c1cccc(F)c1. The zero-order chi connectivity index (χ0) is 15.9. The molecule has 1 unspecified atom stereocenters. The summed E-state index contributed by atoms with van der Waals surface area (Å²) in [7, 11) is 3.78. The second-order valence-electron chi connectivity index (χ2n) is 5.13. The molecule has 1 aromatic heterocycles. The Hall–Kier alpha value is -2.40. The number of carbonyl (C=O) groups excluding carboxylic acids is 1. The van der Waals surface area contributed by atoms with Crippen molar-refractivity contribution < 1.29 is 13.6 Å². The Balaban J connectivity index is 1.96. The van der Waals surface area contributed by atoms with Gasteiger partial charge in [0.05, 0.1) is 12.3 Å². The predicted molar refractivity (Wildman–Crippen MR) is 83.6 cm³/mol. The number of amides is 1. The van der Waals surface area contributed by atoms with E-state index in [1.807, 2.05) is 25.1 Å². The van der Waals surface area contributed by atoms with Gasteiger partial charge in [-0.2, -0.15) is 0 Å². The van der Waals surface area contributed by atoms with Crippen LogP contribution in [0.4, 0.5) is 4.39 Å². The van der Waals surface area contributed by atoms with E-state index < -0.39 is 0 Å². The average Bonchev–Trinajstić information content (AvgIpc) is 2.98. The number of halogens is 1. The van der Waals surface area contributed by atoms with Crippen LogP contribution in [0.25, 0.3) is 6.08 Å². The molecule has 0 saturated carbocycles. The Kier molecular flexibility index (Phi) is 5.49. The van der Waals surface area contributed by atoms with Crippen LogP contribution >= 0.6 is 0 Å². The summed E-state index contributed by atoms with van der Waals surface area (Å²) in [6.07, 6.45) is 4.56. The molecule has 5 heteroatoms. The van der Waals surface area contributed by atoms with Crippen LogP contribution in [0.5, 0.6) is 0 Å². The molecule has 1 amide bonds. The molecule has 1 aromatic carbocycles. The lowest BCUT2D eigenvalue weighted by atomic mass is 10.1. The van der Waals surface area contributed by atoms with Gasteiger partial charge >= 0.3 is 0 Å².